The van der Waals surface area contributed by atoms with Crippen molar-refractivity contribution >= 4 is 17.4 Å². The summed E-state index contributed by atoms with van der Waals surface area (Å²) in [5, 5.41) is 2.78. The third-order valence-electron chi connectivity index (χ3n) is 4.98. The molecule has 0 saturated heterocycles. The van der Waals surface area contributed by atoms with Crippen molar-refractivity contribution in [1.82, 2.24) is 15.0 Å². The van der Waals surface area contributed by atoms with Gasteiger partial charge in [-0.25, -0.2) is 14.4 Å². The maximum absolute atomic E-state index is 13.1. The minimum Gasteiger partial charge on any atom is -0.497 e. The van der Waals surface area contributed by atoms with Crippen LogP contribution in [0.15, 0.2) is 42.6 Å². The molecule has 0 aliphatic heterocycles. The van der Waals surface area contributed by atoms with Crippen molar-refractivity contribution < 1.29 is 13.9 Å². The fourth-order valence-corrected chi connectivity index (χ4v) is 3.53. The monoisotopic (exact) mass is 407 g/mol. The van der Waals surface area contributed by atoms with Gasteiger partial charge in [-0.3, -0.25) is 9.78 Å². The van der Waals surface area contributed by atoms with Gasteiger partial charge in [-0.1, -0.05) is 0 Å². The zero-order chi connectivity index (χ0) is 21.1. The number of fused-ring (bicyclic) bond motifs is 1. The van der Waals surface area contributed by atoms with Crippen molar-refractivity contribution in [2.45, 2.75) is 19.3 Å². The van der Waals surface area contributed by atoms with Crippen LogP contribution in [-0.2, 0) is 17.6 Å². The summed E-state index contributed by atoms with van der Waals surface area (Å²) in [6.45, 7) is 0.103. The lowest BCUT2D eigenvalue weighted by molar-refractivity contribution is -0.114. The number of hydrogen-bond acceptors (Lipinski definition) is 6. The number of hydrogen-bond donors (Lipinski definition) is 1. The first-order valence-corrected chi connectivity index (χ1v) is 9.70. The van der Waals surface area contributed by atoms with Crippen molar-refractivity contribution in [3.8, 4) is 17.3 Å². The third-order valence-corrected chi connectivity index (χ3v) is 4.98. The number of methoxy groups -OCH3 is 1. The van der Waals surface area contributed by atoms with Gasteiger partial charge in [0.05, 0.1) is 13.7 Å². The Kier molecular flexibility index (Phi) is 5.56. The molecule has 0 atom stereocenters. The van der Waals surface area contributed by atoms with Gasteiger partial charge in [-0.2, -0.15) is 0 Å². The van der Waals surface area contributed by atoms with Gasteiger partial charge in [0.15, 0.2) is 5.82 Å². The molecule has 3 aromatic rings. The molecular formula is C22H22FN5O2. The summed E-state index contributed by atoms with van der Waals surface area (Å²) < 4.78 is 18.3. The van der Waals surface area contributed by atoms with Crippen LogP contribution < -0.4 is 15.0 Å². The van der Waals surface area contributed by atoms with Crippen LogP contribution in [0.1, 0.15) is 17.7 Å². The van der Waals surface area contributed by atoms with E-state index in [0.717, 1.165) is 36.3 Å². The number of carbonyl (C=O) groups excluding carboxylic acids is 1. The summed E-state index contributed by atoms with van der Waals surface area (Å²) in [6.07, 6.45) is 4.41. The van der Waals surface area contributed by atoms with Crippen molar-refractivity contribution in [2.24, 2.45) is 0 Å². The number of pyridine rings is 1. The topological polar surface area (TPSA) is 80.2 Å². The Bertz CT molecular complexity index is 1070. The molecule has 1 aromatic carbocycles. The number of anilines is 2. The second-order valence-corrected chi connectivity index (χ2v) is 7.14. The zero-order valence-corrected chi connectivity index (χ0v) is 16.9. The highest BCUT2D eigenvalue weighted by atomic mass is 19.1. The summed E-state index contributed by atoms with van der Waals surface area (Å²) in [6, 6.07) is 9.24. The van der Waals surface area contributed by atoms with Gasteiger partial charge in [-0.05, 0) is 49.6 Å². The van der Waals surface area contributed by atoms with Crippen LogP contribution in [0.3, 0.4) is 0 Å². The Hall–Kier alpha value is -3.55. The quantitative estimate of drug-likeness (QED) is 0.676. The normalized spacial score (nSPS) is 12.4. The van der Waals surface area contributed by atoms with Crippen LogP contribution in [0.25, 0.3) is 11.5 Å². The number of halogens is 1. The minimum atomic E-state index is -0.347. The molecule has 0 fully saturated rings. The first-order valence-electron chi connectivity index (χ1n) is 9.70. The van der Waals surface area contributed by atoms with Gasteiger partial charge < -0.3 is 15.0 Å². The number of rotatable bonds is 6. The summed E-state index contributed by atoms with van der Waals surface area (Å²) in [5.74, 6) is 1.36. The first-order chi connectivity index (χ1) is 14.5. The standard InChI is InChI=1S/C22H22FN5O2/c1-28(13-20(29)25-15-8-6-14(23)7-9-15)22-17-4-3-5-18(17)26-21(27-22)19-12-16(30-2)10-11-24-19/h6-12H,3-5,13H2,1-2H3,(H,25,29). The number of aromatic nitrogens is 3. The number of nitrogens with one attached hydrogen (secondary N) is 1. The van der Waals surface area contributed by atoms with Crippen LogP contribution in [0.2, 0.25) is 0 Å². The molecule has 1 amide bonds. The molecule has 1 aliphatic rings. The van der Waals surface area contributed by atoms with Gasteiger partial charge in [0.1, 0.15) is 23.1 Å². The highest BCUT2D eigenvalue weighted by molar-refractivity contribution is 5.94. The number of carbonyl (C=O) groups is 1. The highest BCUT2D eigenvalue weighted by Gasteiger charge is 2.23. The van der Waals surface area contributed by atoms with Gasteiger partial charge in [-0.15, -0.1) is 0 Å². The molecular weight excluding hydrogens is 385 g/mol. The number of benzene rings is 1. The summed E-state index contributed by atoms with van der Waals surface area (Å²) >= 11 is 0. The van der Waals surface area contributed by atoms with E-state index in [4.69, 9.17) is 14.7 Å². The van der Waals surface area contributed by atoms with Crippen LogP contribution in [0.5, 0.6) is 5.75 Å². The number of amides is 1. The SMILES string of the molecule is COc1ccnc(-c2nc3c(c(N(C)CC(=O)Nc4ccc(F)cc4)n2)CCC3)c1. The van der Waals surface area contributed by atoms with Crippen molar-refractivity contribution in [2.75, 3.05) is 30.9 Å². The van der Waals surface area contributed by atoms with E-state index in [1.165, 1.54) is 24.3 Å². The number of nitrogens with zero attached hydrogens (tertiary/aromatic N) is 4. The Morgan fingerprint density at radius 3 is 2.77 bits per heavy atom. The molecule has 0 unspecified atom stereocenters. The lowest BCUT2D eigenvalue weighted by atomic mass is 10.2. The predicted octanol–water partition coefficient (Wildman–Crippen LogP) is 3.25. The molecule has 1 aliphatic carbocycles. The van der Waals surface area contributed by atoms with E-state index in [9.17, 15) is 9.18 Å². The molecule has 0 spiro atoms. The van der Waals surface area contributed by atoms with Crippen LogP contribution in [0.4, 0.5) is 15.9 Å². The van der Waals surface area contributed by atoms with Crippen molar-refractivity contribution in [1.29, 1.82) is 0 Å². The highest BCUT2D eigenvalue weighted by Crippen LogP contribution is 2.31. The fourth-order valence-electron chi connectivity index (χ4n) is 3.53. The Labute approximate surface area is 174 Å². The molecule has 30 heavy (non-hydrogen) atoms. The summed E-state index contributed by atoms with van der Waals surface area (Å²) in [7, 11) is 3.43. The second kappa shape index (κ2) is 8.44. The maximum Gasteiger partial charge on any atom is 0.243 e. The Balaban J connectivity index is 1.58. The number of aryl methyl sites for hydroxylation is 1. The summed E-state index contributed by atoms with van der Waals surface area (Å²) in [4.78, 5) is 28.1. The third kappa shape index (κ3) is 4.22. The molecule has 0 radical (unpaired) electrons. The van der Waals surface area contributed by atoms with E-state index in [1.807, 2.05) is 11.9 Å². The van der Waals surface area contributed by atoms with Gasteiger partial charge in [0.25, 0.3) is 0 Å². The zero-order valence-electron chi connectivity index (χ0n) is 16.9. The van der Waals surface area contributed by atoms with E-state index < -0.39 is 0 Å². The van der Waals surface area contributed by atoms with Gasteiger partial charge >= 0.3 is 0 Å². The van der Waals surface area contributed by atoms with E-state index in [0.29, 0.717) is 23.0 Å². The average Bonchev–Trinajstić information content (AvgIpc) is 3.23. The molecule has 4 rings (SSSR count). The molecule has 154 valence electrons. The first kappa shape index (κ1) is 19.8. The predicted molar refractivity (Wildman–Crippen MR) is 112 cm³/mol. The van der Waals surface area contributed by atoms with E-state index >= 15 is 0 Å². The largest absolute Gasteiger partial charge is 0.497 e. The van der Waals surface area contributed by atoms with Crippen LogP contribution in [0, 0.1) is 5.82 Å². The molecule has 2 heterocycles. The molecule has 7 nitrogen and oxygen atoms in total. The summed E-state index contributed by atoms with van der Waals surface area (Å²) in [5.41, 5.74) is 3.22. The maximum atomic E-state index is 13.1. The van der Waals surface area contributed by atoms with Gasteiger partial charge in [0, 0.05) is 36.3 Å². The van der Waals surface area contributed by atoms with E-state index in [1.54, 1.807) is 25.4 Å². The van der Waals surface area contributed by atoms with Crippen LogP contribution >= 0.6 is 0 Å². The second-order valence-electron chi connectivity index (χ2n) is 7.14. The van der Waals surface area contributed by atoms with E-state index in [-0.39, 0.29) is 18.3 Å². The van der Waals surface area contributed by atoms with Crippen molar-refractivity contribution in [3.63, 3.8) is 0 Å². The molecule has 0 saturated carbocycles. The van der Waals surface area contributed by atoms with E-state index in [2.05, 4.69) is 10.3 Å². The average molecular weight is 407 g/mol. The smallest absolute Gasteiger partial charge is 0.243 e. The van der Waals surface area contributed by atoms with Crippen molar-refractivity contribution in [3.05, 3.63) is 59.7 Å². The minimum absolute atomic E-state index is 0.103. The molecule has 8 heteroatoms. The molecule has 0 bridgehead atoms. The lowest BCUT2D eigenvalue weighted by Gasteiger charge is -2.21. The lowest BCUT2D eigenvalue weighted by Crippen LogP contribution is -2.31. The van der Waals surface area contributed by atoms with Crippen LogP contribution in [-0.4, -0.2) is 41.6 Å². The van der Waals surface area contributed by atoms with Gasteiger partial charge in [0.2, 0.25) is 5.91 Å². The molecule has 1 N–H and O–H groups in total. The number of likely N-dealkylation sites (N-methyl/N-ethyl adjacent to an activating group) is 1. The Morgan fingerprint density at radius 1 is 1.20 bits per heavy atom. The molecule has 2 aromatic heterocycles. The fraction of sp³-hybridized carbons (Fsp3) is 0.273. The Morgan fingerprint density at radius 2 is 2.00 bits per heavy atom. The number of ether oxygens (including phenoxy) is 1.